The number of alkyl halides is 3. The number of piperazine rings is 1. The van der Waals surface area contributed by atoms with E-state index in [1.54, 1.807) is 49.1 Å². The number of anilines is 1. The van der Waals surface area contributed by atoms with E-state index in [-0.39, 0.29) is 11.5 Å². The van der Waals surface area contributed by atoms with Gasteiger partial charge >= 0.3 is 12.1 Å². The number of ether oxygens (including phenoxy) is 1. The first-order chi connectivity index (χ1) is 19.8. The maximum absolute atomic E-state index is 13.5. The topological polar surface area (TPSA) is 117 Å². The number of amides is 2. The molecule has 2 aromatic carbocycles. The molecule has 42 heavy (non-hydrogen) atoms. The molecule has 10 nitrogen and oxygen atoms in total. The highest BCUT2D eigenvalue weighted by Gasteiger charge is 2.38. The molecule has 1 saturated heterocycles. The van der Waals surface area contributed by atoms with Crippen LogP contribution in [-0.4, -0.2) is 88.0 Å². The van der Waals surface area contributed by atoms with E-state index in [0.29, 0.717) is 54.0 Å². The standard InChI is InChI=1S/C25H27ClFN5O3.C2HF3O2/c1-17(33)32-10-8-31(9-11-32)12-13-35-23-7-6-20(15-21(23)24-22(26)16-28-30(24)2)29-25(34)18-4-3-5-19(27)14-18;3-2(4,5)1(6)7/h3-7,14-16H,8-13H2,1-2H3,(H,29,34);(H,6,7). The summed E-state index contributed by atoms with van der Waals surface area (Å²) in [6.45, 7) is 5.77. The lowest BCUT2D eigenvalue weighted by Crippen LogP contribution is -2.48. The van der Waals surface area contributed by atoms with Crippen molar-refractivity contribution in [1.29, 1.82) is 0 Å². The molecule has 15 heteroatoms. The van der Waals surface area contributed by atoms with E-state index in [9.17, 15) is 27.2 Å². The molecule has 0 radical (unpaired) electrons. The van der Waals surface area contributed by atoms with Gasteiger partial charge in [0.15, 0.2) is 0 Å². The van der Waals surface area contributed by atoms with E-state index in [1.807, 2.05) is 4.90 Å². The van der Waals surface area contributed by atoms with Crippen LogP contribution in [0, 0.1) is 5.82 Å². The molecule has 2 N–H and O–H groups in total. The van der Waals surface area contributed by atoms with E-state index < -0.39 is 23.9 Å². The third kappa shape index (κ3) is 8.91. The molecule has 3 aromatic rings. The fraction of sp³-hybridized carbons (Fsp3) is 0.333. The molecule has 0 saturated carbocycles. The van der Waals surface area contributed by atoms with Gasteiger partial charge in [-0.2, -0.15) is 18.3 Å². The van der Waals surface area contributed by atoms with Crippen molar-refractivity contribution in [2.45, 2.75) is 13.1 Å². The monoisotopic (exact) mass is 613 g/mol. The fourth-order valence-corrected chi connectivity index (χ4v) is 4.30. The normalized spacial score (nSPS) is 13.6. The third-order valence-electron chi connectivity index (χ3n) is 6.20. The fourth-order valence-electron chi connectivity index (χ4n) is 4.04. The molecule has 1 aliphatic heterocycles. The minimum atomic E-state index is -5.08. The Morgan fingerprint density at radius 2 is 1.76 bits per heavy atom. The summed E-state index contributed by atoms with van der Waals surface area (Å²) in [6.07, 6.45) is -3.53. The van der Waals surface area contributed by atoms with Crippen LogP contribution in [0.25, 0.3) is 11.3 Å². The lowest BCUT2D eigenvalue weighted by atomic mass is 10.1. The number of carboxylic acids is 1. The van der Waals surface area contributed by atoms with Crippen LogP contribution in [0.3, 0.4) is 0 Å². The quantitative estimate of drug-likeness (QED) is 0.382. The molecule has 1 aliphatic rings. The largest absolute Gasteiger partial charge is 0.492 e. The summed E-state index contributed by atoms with van der Waals surface area (Å²) in [5.74, 6) is -2.96. The summed E-state index contributed by atoms with van der Waals surface area (Å²) in [7, 11) is 1.78. The van der Waals surface area contributed by atoms with Gasteiger partial charge in [0.1, 0.15) is 18.2 Å². The number of aryl methyl sites for hydroxylation is 1. The molecule has 1 fully saturated rings. The summed E-state index contributed by atoms with van der Waals surface area (Å²) in [4.78, 5) is 37.1. The van der Waals surface area contributed by atoms with Crippen molar-refractivity contribution >= 4 is 35.1 Å². The van der Waals surface area contributed by atoms with Gasteiger partial charge in [-0.05, 0) is 36.4 Å². The van der Waals surface area contributed by atoms with Gasteiger partial charge in [0, 0.05) is 63.5 Å². The van der Waals surface area contributed by atoms with Crippen molar-refractivity contribution in [2.75, 3.05) is 44.6 Å². The van der Waals surface area contributed by atoms with E-state index in [2.05, 4.69) is 15.3 Å². The van der Waals surface area contributed by atoms with Crippen molar-refractivity contribution in [1.82, 2.24) is 19.6 Å². The Morgan fingerprint density at radius 1 is 1.10 bits per heavy atom. The van der Waals surface area contributed by atoms with Gasteiger partial charge in [-0.15, -0.1) is 0 Å². The number of rotatable bonds is 7. The Morgan fingerprint density at radius 3 is 2.31 bits per heavy atom. The second-order valence-electron chi connectivity index (χ2n) is 9.14. The molecule has 0 atom stereocenters. The molecule has 4 rings (SSSR count). The van der Waals surface area contributed by atoms with E-state index in [4.69, 9.17) is 26.2 Å². The lowest BCUT2D eigenvalue weighted by Gasteiger charge is -2.34. The maximum atomic E-state index is 13.5. The Hall–Kier alpha value is -4.17. The second kappa shape index (κ2) is 14.1. The molecule has 2 amide bonds. The summed E-state index contributed by atoms with van der Waals surface area (Å²) < 4.78 is 53.0. The number of carbonyl (C=O) groups is 3. The van der Waals surface area contributed by atoms with Gasteiger partial charge in [0.2, 0.25) is 5.91 Å². The maximum Gasteiger partial charge on any atom is 0.490 e. The predicted octanol–water partition coefficient (Wildman–Crippen LogP) is 4.31. The van der Waals surface area contributed by atoms with Crippen LogP contribution < -0.4 is 10.1 Å². The van der Waals surface area contributed by atoms with Gasteiger partial charge in [-0.25, -0.2) is 9.18 Å². The number of halogens is 5. The summed E-state index contributed by atoms with van der Waals surface area (Å²) in [5.41, 5.74) is 2.06. The minimum absolute atomic E-state index is 0.100. The highest BCUT2D eigenvalue weighted by molar-refractivity contribution is 6.33. The SMILES string of the molecule is CC(=O)N1CCN(CCOc2ccc(NC(=O)c3cccc(F)c3)cc2-c2c(Cl)cnn2C)CC1.O=C(O)C(F)(F)F. The first-order valence-corrected chi connectivity index (χ1v) is 12.9. The Kier molecular flexibility index (Phi) is 10.9. The van der Waals surface area contributed by atoms with Gasteiger partial charge < -0.3 is 20.1 Å². The Balaban J connectivity index is 0.000000616. The van der Waals surface area contributed by atoms with Crippen LogP contribution >= 0.6 is 11.6 Å². The van der Waals surface area contributed by atoms with Gasteiger partial charge in [-0.1, -0.05) is 17.7 Å². The molecular formula is C27H28ClF4N5O5. The highest BCUT2D eigenvalue weighted by atomic mass is 35.5. The zero-order chi connectivity index (χ0) is 31.0. The highest BCUT2D eigenvalue weighted by Crippen LogP contribution is 2.36. The van der Waals surface area contributed by atoms with E-state index in [1.165, 1.54) is 18.2 Å². The number of aromatic nitrogens is 2. The van der Waals surface area contributed by atoms with Crippen LogP contribution in [0.15, 0.2) is 48.7 Å². The number of aliphatic carboxylic acids is 1. The van der Waals surface area contributed by atoms with Crippen molar-refractivity contribution in [2.24, 2.45) is 7.05 Å². The van der Waals surface area contributed by atoms with Gasteiger partial charge in [0.25, 0.3) is 5.91 Å². The van der Waals surface area contributed by atoms with Crippen molar-refractivity contribution < 1.29 is 41.8 Å². The van der Waals surface area contributed by atoms with Crippen molar-refractivity contribution in [3.8, 4) is 17.0 Å². The third-order valence-corrected chi connectivity index (χ3v) is 6.48. The van der Waals surface area contributed by atoms with Crippen molar-refractivity contribution in [3.05, 3.63) is 65.1 Å². The molecule has 0 aliphatic carbocycles. The number of nitrogens with zero attached hydrogens (tertiary/aromatic N) is 4. The number of carbonyl (C=O) groups excluding carboxylic acids is 2. The summed E-state index contributed by atoms with van der Waals surface area (Å²) in [6, 6.07) is 10.8. The number of hydrogen-bond donors (Lipinski definition) is 2. The molecule has 0 bridgehead atoms. The van der Waals surface area contributed by atoms with Crippen LogP contribution in [0.2, 0.25) is 5.02 Å². The molecule has 1 aromatic heterocycles. The molecule has 2 heterocycles. The molecule has 0 unspecified atom stereocenters. The second-order valence-corrected chi connectivity index (χ2v) is 9.55. The average Bonchev–Trinajstić information content (AvgIpc) is 3.26. The first-order valence-electron chi connectivity index (χ1n) is 12.6. The van der Waals surface area contributed by atoms with Crippen LogP contribution in [0.4, 0.5) is 23.2 Å². The van der Waals surface area contributed by atoms with E-state index in [0.717, 1.165) is 13.1 Å². The first kappa shape index (κ1) is 32.3. The molecular weight excluding hydrogens is 586 g/mol. The Bertz CT molecular complexity index is 1400. The zero-order valence-corrected chi connectivity index (χ0v) is 23.4. The predicted molar refractivity (Wildman–Crippen MR) is 146 cm³/mol. The zero-order valence-electron chi connectivity index (χ0n) is 22.6. The molecule has 226 valence electrons. The lowest BCUT2D eigenvalue weighted by molar-refractivity contribution is -0.192. The van der Waals surface area contributed by atoms with Crippen LogP contribution in [-0.2, 0) is 16.6 Å². The van der Waals surface area contributed by atoms with Crippen LogP contribution in [0.5, 0.6) is 5.75 Å². The van der Waals surface area contributed by atoms with Gasteiger partial charge in [-0.3, -0.25) is 19.2 Å². The summed E-state index contributed by atoms with van der Waals surface area (Å²) in [5, 5.41) is 14.6. The number of carboxylic acid groups (broad SMARTS) is 1. The van der Waals surface area contributed by atoms with Crippen molar-refractivity contribution in [3.63, 3.8) is 0 Å². The molecule has 0 spiro atoms. The Labute approximate surface area is 243 Å². The average molecular weight is 614 g/mol. The minimum Gasteiger partial charge on any atom is -0.492 e. The summed E-state index contributed by atoms with van der Waals surface area (Å²) >= 11 is 6.41. The number of benzene rings is 2. The van der Waals surface area contributed by atoms with Crippen LogP contribution in [0.1, 0.15) is 17.3 Å². The number of hydrogen-bond acceptors (Lipinski definition) is 6. The number of nitrogens with one attached hydrogen (secondary N) is 1. The smallest absolute Gasteiger partial charge is 0.490 e. The van der Waals surface area contributed by atoms with Gasteiger partial charge in [0.05, 0.1) is 16.9 Å². The van der Waals surface area contributed by atoms with E-state index >= 15 is 0 Å².